The molecular formula is C12H18N2O5S. The molecule has 8 heteroatoms. The van der Waals surface area contributed by atoms with Crippen LogP contribution in [0.1, 0.15) is 6.92 Å². The zero-order valence-electron chi connectivity index (χ0n) is 11.6. The summed E-state index contributed by atoms with van der Waals surface area (Å²) in [7, 11) is -0.412. The lowest BCUT2D eigenvalue weighted by molar-refractivity contribution is -0.115. The smallest absolute Gasteiger partial charge is 0.239 e. The molecule has 1 rings (SSSR count). The lowest BCUT2D eigenvalue weighted by Gasteiger charge is -2.11. The first-order chi connectivity index (χ1) is 9.41. The van der Waals surface area contributed by atoms with Crippen molar-refractivity contribution in [2.45, 2.75) is 6.92 Å². The number of carbonyl (C=O) groups is 1. The van der Waals surface area contributed by atoms with Crippen molar-refractivity contribution in [1.82, 2.24) is 4.72 Å². The summed E-state index contributed by atoms with van der Waals surface area (Å²) in [6.45, 7) is 1.16. The van der Waals surface area contributed by atoms with E-state index >= 15 is 0 Å². The number of amides is 1. The molecule has 2 N–H and O–H groups in total. The average molecular weight is 302 g/mol. The minimum absolute atomic E-state index is 0.0772. The van der Waals surface area contributed by atoms with E-state index < -0.39 is 15.9 Å². The summed E-state index contributed by atoms with van der Waals surface area (Å²) in [5.41, 5.74) is 0.439. The molecule has 0 saturated heterocycles. The highest BCUT2D eigenvalue weighted by Crippen LogP contribution is 2.28. The van der Waals surface area contributed by atoms with Gasteiger partial charge in [0.05, 0.1) is 32.2 Å². The van der Waals surface area contributed by atoms with Crippen molar-refractivity contribution >= 4 is 21.6 Å². The molecule has 0 aliphatic heterocycles. The fourth-order valence-electron chi connectivity index (χ4n) is 1.37. The molecule has 0 spiro atoms. The molecule has 0 aliphatic carbocycles. The predicted octanol–water partition coefficient (Wildman–Crippen LogP) is 0.582. The van der Waals surface area contributed by atoms with Crippen LogP contribution in [0.4, 0.5) is 5.69 Å². The molecule has 7 nitrogen and oxygen atoms in total. The maximum Gasteiger partial charge on any atom is 0.239 e. The van der Waals surface area contributed by atoms with Gasteiger partial charge in [-0.15, -0.1) is 0 Å². The molecule has 0 aliphatic rings. The molecule has 0 saturated carbocycles. The Kier molecular flexibility index (Phi) is 5.78. The molecule has 0 unspecified atom stereocenters. The van der Waals surface area contributed by atoms with E-state index in [1.54, 1.807) is 18.2 Å². The Labute approximate surface area is 118 Å². The molecule has 1 aromatic rings. The van der Waals surface area contributed by atoms with Gasteiger partial charge in [0.15, 0.2) is 0 Å². The topological polar surface area (TPSA) is 93.7 Å². The molecule has 0 atom stereocenters. The van der Waals surface area contributed by atoms with Gasteiger partial charge in [-0.2, -0.15) is 0 Å². The third-order valence-corrected chi connectivity index (χ3v) is 3.86. The molecular weight excluding hydrogens is 284 g/mol. The highest BCUT2D eigenvalue weighted by Gasteiger charge is 2.12. The Morgan fingerprint density at radius 3 is 2.50 bits per heavy atom. The van der Waals surface area contributed by atoms with Crippen LogP contribution < -0.4 is 19.5 Å². The van der Waals surface area contributed by atoms with Crippen LogP contribution in [0, 0.1) is 0 Å². The first kappa shape index (κ1) is 16.3. The van der Waals surface area contributed by atoms with E-state index in [1.807, 2.05) is 0 Å². The Bertz CT molecular complexity index is 571. The van der Waals surface area contributed by atoms with Gasteiger partial charge in [0.25, 0.3) is 0 Å². The van der Waals surface area contributed by atoms with Crippen molar-refractivity contribution in [3.63, 3.8) is 0 Å². The summed E-state index contributed by atoms with van der Waals surface area (Å²) in [5.74, 6) is 0.458. The van der Waals surface area contributed by atoms with E-state index in [2.05, 4.69) is 10.0 Å². The summed E-state index contributed by atoms with van der Waals surface area (Å²) < 4.78 is 34.8. The molecule has 0 heterocycles. The van der Waals surface area contributed by atoms with Crippen molar-refractivity contribution in [1.29, 1.82) is 0 Å². The van der Waals surface area contributed by atoms with Gasteiger partial charge < -0.3 is 14.8 Å². The fourth-order valence-corrected chi connectivity index (χ4v) is 1.93. The van der Waals surface area contributed by atoms with Gasteiger partial charge in [-0.1, -0.05) is 0 Å². The minimum Gasteiger partial charge on any atom is -0.497 e. The molecule has 20 heavy (non-hydrogen) atoms. The maximum atomic E-state index is 11.7. The highest BCUT2D eigenvalue weighted by atomic mass is 32.2. The Hall–Kier alpha value is -1.80. The zero-order chi connectivity index (χ0) is 15.2. The number of ether oxygens (including phenoxy) is 2. The van der Waals surface area contributed by atoms with Crippen molar-refractivity contribution in [2.75, 3.05) is 31.8 Å². The SMILES string of the molecule is CCS(=O)(=O)NCC(=O)Nc1ccc(OC)cc1OC. The molecule has 1 amide bonds. The zero-order valence-corrected chi connectivity index (χ0v) is 12.4. The van der Waals surface area contributed by atoms with Crippen molar-refractivity contribution in [3.05, 3.63) is 18.2 Å². The van der Waals surface area contributed by atoms with E-state index in [4.69, 9.17) is 9.47 Å². The predicted molar refractivity (Wildman–Crippen MR) is 75.6 cm³/mol. The van der Waals surface area contributed by atoms with Gasteiger partial charge >= 0.3 is 0 Å². The number of nitrogens with one attached hydrogen (secondary N) is 2. The van der Waals surface area contributed by atoms with E-state index in [-0.39, 0.29) is 12.3 Å². The van der Waals surface area contributed by atoms with E-state index in [9.17, 15) is 13.2 Å². The Morgan fingerprint density at radius 1 is 1.25 bits per heavy atom. The number of methoxy groups -OCH3 is 2. The number of rotatable bonds is 7. The third kappa shape index (κ3) is 4.71. The Morgan fingerprint density at radius 2 is 1.95 bits per heavy atom. The molecule has 112 valence electrons. The molecule has 0 bridgehead atoms. The lowest BCUT2D eigenvalue weighted by atomic mass is 10.2. The summed E-state index contributed by atoms with van der Waals surface area (Å²) in [4.78, 5) is 11.7. The number of benzene rings is 1. The Balaban J connectivity index is 2.71. The van der Waals surface area contributed by atoms with Gasteiger partial charge in [-0.05, 0) is 19.1 Å². The second kappa shape index (κ2) is 7.11. The van der Waals surface area contributed by atoms with Crippen molar-refractivity contribution < 1.29 is 22.7 Å². The third-order valence-electron chi connectivity index (χ3n) is 2.52. The van der Waals surface area contributed by atoms with E-state index in [0.717, 1.165) is 0 Å². The number of sulfonamides is 1. The number of anilines is 1. The minimum atomic E-state index is -3.40. The van der Waals surface area contributed by atoms with Crippen LogP contribution in [0.2, 0.25) is 0 Å². The van der Waals surface area contributed by atoms with Crippen LogP contribution in [0.15, 0.2) is 18.2 Å². The molecule has 0 aromatic heterocycles. The fraction of sp³-hybridized carbons (Fsp3) is 0.417. The van der Waals surface area contributed by atoms with Gasteiger partial charge in [0.1, 0.15) is 11.5 Å². The molecule has 0 radical (unpaired) electrons. The first-order valence-electron chi connectivity index (χ1n) is 5.91. The van der Waals surface area contributed by atoms with Gasteiger partial charge in [0.2, 0.25) is 15.9 Å². The highest BCUT2D eigenvalue weighted by molar-refractivity contribution is 7.89. The van der Waals surface area contributed by atoms with Crippen LogP contribution in [0.5, 0.6) is 11.5 Å². The van der Waals surface area contributed by atoms with Crippen LogP contribution in [-0.4, -0.2) is 40.8 Å². The summed E-state index contributed by atoms with van der Waals surface area (Å²) in [6.07, 6.45) is 0. The van der Waals surface area contributed by atoms with Crippen LogP contribution in [0.25, 0.3) is 0 Å². The first-order valence-corrected chi connectivity index (χ1v) is 7.56. The van der Waals surface area contributed by atoms with Crippen molar-refractivity contribution in [3.8, 4) is 11.5 Å². The quantitative estimate of drug-likeness (QED) is 0.768. The van der Waals surface area contributed by atoms with Crippen molar-refractivity contribution in [2.24, 2.45) is 0 Å². The largest absolute Gasteiger partial charge is 0.497 e. The van der Waals surface area contributed by atoms with Gasteiger partial charge in [0, 0.05) is 6.07 Å². The number of hydrogen-bond acceptors (Lipinski definition) is 5. The van der Waals surface area contributed by atoms with Gasteiger partial charge in [-0.25, -0.2) is 13.1 Å². The monoisotopic (exact) mass is 302 g/mol. The average Bonchev–Trinajstić information content (AvgIpc) is 2.45. The second-order valence-corrected chi connectivity index (χ2v) is 5.93. The van der Waals surface area contributed by atoms with Crippen LogP contribution in [-0.2, 0) is 14.8 Å². The van der Waals surface area contributed by atoms with E-state index in [1.165, 1.54) is 21.1 Å². The summed E-state index contributed by atoms with van der Waals surface area (Å²) in [6, 6.07) is 4.89. The standard InChI is InChI=1S/C12H18N2O5S/c1-4-20(16,17)13-8-12(15)14-10-6-5-9(18-2)7-11(10)19-3/h5-7,13H,4,8H2,1-3H3,(H,14,15). The van der Waals surface area contributed by atoms with Crippen LogP contribution in [0.3, 0.4) is 0 Å². The molecule has 0 fully saturated rings. The maximum absolute atomic E-state index is 11.7. The number of carbonyl (C=O) groups excluding carboxylic acids is 1. The van der Waals surface area contributed by atoms with E-state index in [0.29, 0.717) is 17.2 Å². The van der Waals surface area contributed by atoms with Crippen LogP contribution >= 0.6 is 0 Å². The summed E-state index contributed by atoms with van der Waals surface area (Å²) >= 11 is 0. The second-order valence-electron chi connectivity index (χ2n) is 3.84. The molecule has 1 aromatic carbocycles. The summed E-state index contributed by atoms with van der Waals surface area (Å²) in [5, 5.41) is 2.56. The number of hydrogen-bond donors (Lipinski definition) is 2. The van der Waals surface area contributed by atoms with Gasteiger partial charge in [-0.3, -0.25) is 4.79 Å². The normalized spacial score (nSPS) is 10.9. The lowest BCUT2D eigenvalue weighted by Crippen LogP contribution is -2.33.